The van der Waals surface area contributed by atoms with Crippen LogP contribution in [0, 0.1) is 17.8 Å². The lowest BCUT2D eigenvalue weighted by atomic mass is 9.70. The Bertz CT molecular complexity index is 360. The van der Waals surface area contributed by atoms with Gasteiger partial charge in [0.25, 0.3) is 0 Å². The maximum Gasteiger partial charge on any atom is 0.306 e. The van der Waals surface area contributed by atoms with E-state index in [0.29, 0.717) is 6.42 Å². The molecule has 2 heteroatoms. The van der Waals surface area contributed by atoms with Gasteiger partial charge in [0, 0.05) is 6.42 Å². The van der Waals surface area contributed by atoms with Crippen molar-refractivity contribution in [2.75, 3.05) is 0 Å². The summed E-state index contributed by atoms with van der Waals surface area (Å²) in [6, 6.07) is 0. The molecule has 0 aromatic carbocycles. The van der Waals surface area contributed by atoms with Gasteiger partial charge in [-0.15, -0.1) is 6.58 Å². The molecule has 0 bridgehead atoms. The predicted molar refractivity (Wildman–Crippen MR) is 101 cm³/mol. The van der Waals surface area contributed by atoms with Crippen LogP contribution in [0.2, 0.25) is 0 Å². The average Bonchev–Trinajstić information content (AvgIpc) is 2.61. The molecule has 0 aliphatic heterocycles. The van der Waals surface area contributed by atoms with Crippen LogP contribution in [-0.2, 0) is 9.53 Å². The molecule has 0 atom stereocenters. The Kier molecular flexibility index (Phi) is 8.91. The molecule has 2 fully saturated rings. The molecule has 2 aliphatic carbocycles. The number of esters is 1. The molecule has 2 nitrogen and oxygen atoms in total. The maximum absolute atomic E-state index is 11.7. The normalized spacial score (nSPS) is 30.7. The number of hydrogen-bond donors (Lipinski definition) is 0. The molecular formula is C22H38O2. The van der Waals surface area contributed by atoms with Crippen molar-refractivity contribution in [3.05, 3.63) is 12.7 Å². The largest absolute Gasteiger partial charge is 0.462 e. The summed E-state index contributed by atoms with van der Waals surface area (Å²) in [5.74, 6) is 2.82. The van der Waals surface area contributed by atoms with E-state index in [-0.39, 0.29) is 12.1 Å². The Balaban J connectivity index is 1.61. The van der Waals surface area contributed by atoms with Crippen molar-refractivity contribution < 1.29 is 9.53 Å². The minimum Gasteiger partial charge on any atom is -0.462 e. The van der Waals surface area contributed by atoms with Crippen LogP contribution < -0.4 is 0 Å². The first-order valence-corrected chi connectivity index (χ1v) is 10.5. The van der Waals surface area contributed by atoms with E-state index in [0.717, 1.165) is 37.0 Å². The fraction of sp³-hybridized carbons (Fsp3) is 0.864. The number of unbranched alkanes of at least 4 members (excludes halogenated alkanes) is 2. The van der Waals surface area contributed by atoms with E-state index in [1.807, 2.05) is 0 Å². The van der Waals surface area contributed by atoms with Gasteiger partial charge in [0.05, 0.1) is 0 Å². The second-order valence-corrected chi connectivity index (χ2v) is 8.13. The zero-order chi connectivity index (χ0) is 17.2. The minimum atomic E-state index is -0.0362. The summed E-state index contributed by atoms with van der Waals surface area (Å²) in [4.78, 5) is 11.7. The molecule has 0 amide bonds. The van der Waals surface area contributed by atoms with Crippen molar-refractivity contribution in [3.8, 4) is 0 Å². The van der Waals surface area contributed by atoms with E-state index >= 15 is 0 Å². The van der Waals surface area contributed by atoms with E-state index in [4.69, 9.17) is 4.74 Å². The number of carbonyl (C=O) groups is 1. The van der Waals surface area contributed by atoms with Crippen LogP contribution >= 0.6 is 0 Å². The first kappa shape index (κ1) is 19.5. The van der Waals surface area contributed by atoms with Crippen LogP contribution in [0.1, 0.15) is 96.8 Å². The van der Waals surface area contributed by atoms with E-state index in [1.165, 1.54) is 64.2 Å². The molecule has 0 aromatic heterocycles. The van der Waals surface area contributed by atoms with Crippen LogP contribution in [0.4, 0.5) is 0 Å². The number of ether oxygens (including phenoxy) is 1. The summed E-state index contributed by atoms with van der Waals surface area (Å²) in [5.41, 5.74) is 0. The summed E-state index contributed by atoms with van der Waals surface area (Å²) in [6.07, 6.45) is 19.4. The molecule has 24 heavy (non-hydrogen) atoms. The lowest BCUT2D eigenvalue weighted by molar-refractivity contribution is -0.151. The monoisotopic (exact) mass is 334 g/mol. The highest BCUT2D eigenvalue weighted by molar-refractivity contribution is 5.69. The molecule has 0 unspecified atom stereocenters. The standard InChI is InChI=1S/C22H38O2/c1-3-5-7-8-18-10-12-19(13-11-18)20-14-16-21(17-15-20)24-22(23)9-6-4-2/h4,18-21H,2-3,5-17H2,1H3/t18-,19-,20?,21?. The average molecular weight is 335 g/mol. The summed E-state index contributed by atoms with van der Waals surface area (Å²) in [7, 11) is 0. The van der Waals surface area contributed by atoms with Crippen LogP contribution in [-0.4, -0.2) is 12.1 Å². The number of rotatable bonds is 9. The second kappa shape index (κ2) is 10.9. The summed E-state index contributed by atoms with van der Waals surface area (Å²) in [5, 5.41) is 0. The molecule has 0 N–H and O–H groups in total. The van der Waals surface area contributed by atoms with Crippen molar-refractivity contribution >= 4 is 5.97 Å². The Morgan fingerprint density at radius 3 is 2.21 bits per heavy atom. The zero-order valence-corrected chi connectivity index (χ0v) is 15.8. The second-order valence-electron chi connectivity index (χ2n) is 8.13. The van der Waals surface area contributed by atoms with Gasteiger partial charge in [0.2, 0.25) is 0 Å². The molecule has 2 saturated carbocycles. The molecule has 2 rings (SSSR count). The highest BCUT2D eigenvalue weighted by Gasteiger charge is 2.31. The van der Waals surface area contributed by atoms with Gasteiger partial charge in [-0.1, -0.05) is 51.5 Å². The third-order valence-electron chi connectivity index (χ3n) is 6.34. The van der Waals surface area contributed by atoms with Crippen molar-refractivity contribution in [3.63, 3.8) is 0 Å². The van der Waals surface area contributed by atoms with Gasteiger partial charge in [-0.05, 0) is 62.7 Å². The van der Waals surface area contributed by atoms with Crippen molar-refractivity contribution in [2.45, 2.75) is 103 Å². The molecule has 0 aromatic rings. The summed E-state index contributed by atoms with van der Waals surface area (Å²) < 4.78 is 5.61. The number of allylic oxidation sites excluding steroid dienone is 1. The fourth-order valence-corrected chi connectivity index (χ4v) is 4.77. The number of carbonyl (C=O) groups excluding carboxylic acids is 1. The van der Waals surface area contributed by atoms with Crippen molar-refractivity contribution in [1.82, 2.24) is 0 Å². The zero-order valence-electron chi connectivity index (χ0n) is 15.8. The first-order valence-electron chi connectivity index (χ1n) is 10.5. The lowest BCUT2D eigenvalue weighted by Gasteiger charge is -2.37. The minimum absolute atomic E-state index is 0.0362. The third-order valence-corrected chi connectivity index (χ3v) is 6.34. The highest BCUT2D eigenvalue weighted by atomic mass is 16.5. The Morgan fingerprint density at radius 2 is 1.62 bits per heavy atom. The van der Waals surface area contributed by atoms with E-state index < -0.39 is 0 Å². The molecule has 0 radical (unpaired) electrons. The topological polar surface area (TPSA) is 26.3 Å². The van der Waals surface area contributed by atoms with E-state index in [9.17, 15) is 4.79 Å². The van der Waals surface area contributed by atoms with Gasteiger partial charge in [0.1, 0.15) is 6.10 Å². The Hall–Kier alpha value is -0.790. The fourth-order valence-electron chi connectivity index (χ4n) is 4.77. The van der Waals surface area contributed by atoms with Crippen molar-refractivity contribution in [2.24, 2.45) is 17.8 Å². The third kappa shape index (κ3) is 6.61. The summed E-state index contributed by atoms with van der Waals surface area (Å²) in [6.45, 7) is 5.95. The maximum atomic E-state index is 11.7. The van der Waals surface area contributed by atoms with Gasteiger partial charge in [-0.3, -0.25) is 4.79 Å². The van der Waals surface area contributed by atoms with Gasteiger partial charge in [0.15, 0.2) is 0 Å². The van der Waals surface area contributed by atoms with E-state index in [2.05, 4.69) is 13.5 Å². The van der Waals surface area contributed by atoms with Crippen LogP contribution in [0.15, 0.2) is 12.7 Å². The van der Waals surface area contributed by atoms with Gasteiger partial charge in [-0.2, -0.15) is 0 Å². The van der Waals surface area contributed by atoms with E-state index in [1.54, 1.807) is 6.08 Å². The quantitative estimate of drug-likeness (QED) is 0.275. The van der Waals surface area contributed by atoms with Crippen molar-refractivity contribution in [1.29, 1.82) is 0 Å². The molecule has 0 heterocycles. The van der Waals surface area contributed by atoms with Gasteiger partial charge in [-0.25, -0.2) is 0 Å². The van der Waals surface area contributed by atoms with Crippen LogP contribution in [0.25, 0.3) is 0 Å². The number of hydrogen-bond acceptors (Lipinski definition) is 2. The van der Waals surface area contributed by atoms with Crippen LogP contribution in [0.5, 0.6) is 0 Å². The SMILES string of the molecule is C=CCCC(=O)OC1CCC([C@H]2CC[C@H](CCCCC)CC2)CC1. The molecule has 0 saturated heterocycles. The smallest absolute Gasteiger partial charge is 0.306 e. The highest BCUT2D eigenvalue weighted by Crippen LogP contribution is 2.41. The molecule has 0 spiro atoms. The van der Waals surface area contributed by atoms with Crippen LogP contribution in [0.3, 0.4) is 0 Å². The molecular weight excluding hydrogens is 296 g/mol. The Labute approximate surface area is 149 Å². The molecule has 138 valence electrons. The lowest BCUT2D eigenvalue weighted by Crippen LogP contribution is -2.29. The summed E-state index contributed by atoms with van der Waals surface area (Å²) >= 11 is 0. The predicted octanol–water partition coefficient (Wildman–Crippen LogP) is 6.44. The first-order chi connectivity index (χ1) is 11.7. The molecule has 2 aliphatic rings. The van der Waals surface area contributed by atoms with Gasteiger partial charge < -0.3 is 4.74 Å². The van der Waals surface area contributed by atoms with Gasteiger partial charge >= 0.3 is 5.97 Å². The Morgan fingerprint density at radius 1 is 1.00 bits per heavy atom.